The summed E-state index contributed by atoms with van der Waals surface area (Å²) in [5.74, 6) is 0.513. The SMILES string of the molecule is O=[N+]([O-])c1ccc(OC2CCN(CCc3ccccn3)CC2)c(Cl)c1. The van der Waals surface area contributed by atoms with Crippen LogP contribution >= 0.6 is 11.6 Å². The third kappa shape index (κ3) is 4.90. The van der Waals surface area contributed by atoms with E-state index >= 15 is 0 Å². The van der Waals surface area contributed by atoms with Crippen LogP contribution in [0, 0.1) is 10.1 Å². The summed E-state index contributed by atoms with van der Waals surface area (Å²) in [4.78, 5) is 17.0. The molecule has 0 saturated carbocycles. The maximum atomic E-state index is 10.8. The molecule has 1 aliphatic heterocycles. The van der Waals surface area contributed by atoms with Crippen molar-refractivity contribution in [3.05, 3.63) is 63.4 Å². The van der Waals surface area contributed by atoms with Crippen LogP contribution in [0.15, 0.2) is 42.6 Å². The molecule has 0 amide bonds. The van der Waals surface area contributed by atoms with Gasteiger partial charge in [-0.05, 0) is 31.0 Å². The van der Waals surface area contributed by atoms with Gasteiger partial charge in [-0.1, -0.05) is 17.7 Å². The number of halogens is 1. The van der Waals surface area contributed by atoms with Gasteiger partial charge in [0.25, 0.3) is 5.69 Å². The van der Waals surface area contributed by atoms with Crippen LogP contribution in [-0.4, -0.2) is 40.5 Å². The highest BCUT2D eigenvalue weighted by atomic mass is 35.5. The number of hydrogen-bond acceptors (Lipinski definition) is 5. The van der Waals surface area contributed by atoms with Crippen LogP contribution < -0.4 is 4.74 Å². The minimum absolute atomic E-state index is 0.0262. The number of likely N-dealkylation sites (tertiary alicyclic amines) is 1. The molecule has 3 rings (SSSR count). The van der Waals surface area contributed by atoms with E-state index in [1.807, 2.05) is 24.4 Å². The van der Waals surface area contributed by atoms with Gasteiger partial charge in [-0.2, -0.15) is 0 Å². The first kappa shape index (κ1) is 17.6. The van der Waals surface area contributed by atoms with E-state index in [2.05, 4.69) is 9.88 Å². The predicted octanol–water partition coefficient (Wildman–Crippen LogP) is 3.73. The Hall–Kier alpha value is -2.18. The molecule has 1 saturated heterocycles. The Morgan fingerprint density at radius 1 is 1.28 bits per heavy atom. The summed E-state index contributed by atoms with van der Waals surface area (Å²) < 4.78 is 5.94. The van der Waals surface area contributed by atoms with E-state index in [1.165, 1.54) is 12.1 Å². The van der Waals surface area contributed by atoms with Gasteiger partial charge in [-0.3, -0.25) is 15.1 Å². The van der Waals surface area contributed by atoms with E-state index in [-0.39, 0.29) is 16.8 Å². The Balaban J connectivity index is 1.47. The maximum Gasteiger partial charge on any atom is 0.271 e. The van der Waals surface area contributed by atoms with E-state index < -0.39 is 4.92 Å². The van der Waals surface area contributed by atoms with Gasteiger partial charge in [0, 0.05) is 50.1 Å². The number of nitro groups is 1. The molecule has 1 aliphatic rings. The van der Waals surface area contributed by atoms with E-state index in [9.17, 15) is 10.1 Å². The average Bonchev–Trinajstić information content (AvgIpc) is 2.63. The molecule has 0 bridgehead atoms. The molecule has 2 aromatic rings. The summed E-state index contributed by atoms with van der Waals surface area (Å²) in [6.45, 7) is 2.91. The summed E-state index contributed by atoms with van der Waals surface area (Å²) in [5.41, 5.74) is 1.08. The molecule has 0 spiro atoms. The molecule has 7 heteroatoms. The standard InChI is InChI=1S/C18H20ClN3O3/c19-17-13-15(22(23)24)4-5-18(17)25-16-7-11-21(12-8-16)10-6-14-3-1-2-9-20-14/h1-5,9,13,16H,6-8,10-12H2. The van der Waals surface area contributed by atoms with Crippen molar-refractivity contribution in [3.8, 4) is 5.75 Å². The van der Waals surface area contributed by atoms with Gasteiger partial charge in [-0.15, -0.1) is 0 Å². The van der Waals surface area contributed by atoms with Gasteiger partial charge >= 0.3 is 0 Å². The normalized spacial score (nSPS) is 15.9. The third-order valence-electron chi connectivity index (χ3n) is 4.36. The van der Waals surface area contributed by atoms with Crippen LogP contribution in [0.2, 0.25) is 5.02 Å². The lowest BCUT2D eigenvalue weighted by molar-refractivity contribution is -0.384. The average molecular weight is 362 g/mol. The molecular formula is C18H20ClN3O3. The van der Waals surface area contributed by atoms with Gasteiger partial charge in [0.15, 0.2) is 0 Å². The topological polar surface area (TPSA) is 68.5 Å². The molecule has 0 atom stereocenters. The first-order chi connectivity index (χ1) is 12.1. The minimum Gasteiger partial charge on any atom is -0.489 e. The molecule has 1 aromatic heterocycles. The lowest BCUT2D eigenvalue weighted by atomic mass is 10.1. The molecule has 0 N–H and O–H groups in total. The van der Waals surface area contributed by atoms with Crippen LogP contribution in [0.1, 0.15) is 18.5 Å². The van der Waals surface area contributed by atoms with Crippen molar-refractivity contribution in [2.24, 2.45) is 0 Å². The van der Waals surface area contributed by atoms with Gasteiger partial charge in [0.2, 0.25) is 0 Å². The summed E-state index contributed by atoms with van der Waals surface area (Å²) in [7, 11) is 0. The second-order valence-electron chi connectivity index (χ2n) is 6.10. The zero-order chi connectivity index (χ0) is 17.6. The van der Waals surface area contributed by atoms with Crippen molar-refractivity contribution >= 4 is 17.3 Å². The number of piperidine rings is 1. The maximum absolute atomic E-state index is 10.8. The van der Waals surface area contributed by atoms with E-state index in [1.54, 1.807) is 6.07 Å². The molecular weight excluding hydrogens is 342 g/mol. The summed E-state index contributed by atoms with van der Waals surface area (Å²) >= 11 is 6.09. The second kappa shape index (κ2) is 8.27. The number of ether oxygens (including phenoxy) is 1. The van der Waals surface area contributed by atoms with Crippen molar-refractivity contribution in [2.45, 2.75) is 25.4 Å². The Kier molecular flexibility index (Phi) is 5.83. The van der Waals surface area contributed by atoms with Crippen LogP contribution in [-0.2, 0) is 6.42 Å². The van der Waals surface area contributed by atoms with Crippen molar-refractivity contribution in [2.75, 3.05) is 19.6 Å². The number of aromatic nitrogens is 1. The molecule has 1 aromatic carbocycles. The van der Waals surface area contributed by atoms with Gasteiger partial charge in [0.05, 0.1) is 9.95 Å². The highest BCUT2D eigenvalue weighted by Gasteiger charge is 2.21. The van der Waals surface area contributed by atoms with Crippen molar-refractivity contribution in [1.82, 2.24) is 9.88 Å². The van der Waals surface area contributed by atoms with Crippen LogP contribution in [0.3, 0.4) is 0 Å². The molecule has 0 radical (unpaired) electrons. The highest BCUT2D eigenvalue weighted by molar-refractivity contribution is 6.32. The minimum atomic E-state index is -0.463. The van der Waals surface area contributed by atoms with Crippen molar-refractivity contribution < 1.29 is 9.66 Å². The molecule has 1 fully saturated rings. The highest BCUT2D eigenvalue weighted by Crippen LogP contribution is 2.30. The molecule has 0 unspecified atom stereocenters. The van der Waals surface area contributed by atoms with Crippen LogP contribution in [0.25, 0.3) is 0 Å². The molecule has 0 aliphatic carbocycles. The number of non-ortho nitro benzene ring substituents is 1. The quantitative estimate of drug-likeness (QED) is 0.579. The number of hydrogen-bond donors (Lipinski definition) is 0. The Morgan fingerprint density at radius 2 is 2.08 bits per heavy atom. The lowest BCUT2D eigenvalue weighted by Crippen LogP contribution is -2.39. The Morgan fingerprint density at radius 3 is 2.72 bits per heavy atom. The zero-order valence-electron chi connectivity index (χ0n) is 13.8. The number of pyridine rings is 1. The fourth-order valence-electron chi connectivity index (χ4n) is 2.95. The number of benzene rings is 1. The number of nitrogens with zero attached hydrogens (tertiary/aromatic N) is 3. The van der Waals surface area contributed by atoms with Crippen LogP contribution in [0.5, 0.6) is 5.75 Å². The fraction of sp³-hybridized carbons (Fsp3) is 0.389. The Bertz CT molecular complexity index is 719. The molecule has 25 heavy (non-hydrogen) atoms. The predicted molar refractivity (Wildman–Crippen MR) is 96.1 cm³/mol. The summed E-state index contributed by atoms with van der Waals surface area (Å²) in [6.07, 6.45) is 4.68. The van der Waals surface area contributed by atoms with Gasteiger partial charge < -0.3 is 9.64 Å². The summed E-state index contributed by atoms with van der Waals surface area (Å²) in [6, 6.07) is 10.3. The summed E-state index contributed by atoms with van der Waals surface area (Å²) in [5, 5.41) is 11.0. The smallest absolute Gasteiger partial charge is 0.271 e. The first-order valence-corrected chi connectivity index (χ1v) is 8.72. The third-order valence-corrected chi connectivity index (χ3v) is 4.66. The molecule has 2 heterocycles. The second-order valence-corrected chi connectivity index (χ2v) is 6.51. The fourth-order valence-corrected chi connectivity index (χ4v) is 3.17. The van der Waals surface area contributed by atoms with Gasteiger partial charge in [0.1, 0.15) is 11.9 Å². The molecule has 6 nitrogen and oxygen atoms in total. The van der Waals surface area contributed by atoms with Crippen molar-refractivity contribution in [3.63, 3.8) is 0 Å². The Labute approximate surface area is 151 Å². The van der Waals surface area contributed by atoms with E-state index in [4.69, 9.17) is 16.3 Å². The zero-order valence-corrected chi connectivity index (χ0v) is 14.6. The van der Waals surface area contributed by atoms with Crippen molar-refractivity contribution in [1.29, 1.82) is 0 Å². The van der Waals surface area contributed by atoms with E-state index in [0.717, 1.165) is 44.6 Å². The first-order valence-electron chi connectivity index (χ1n) is 8.34. The number of rotatable bonds is 6. The largest absolute Gasteiger partial charge is 0.489 e. The van der Waals surface area contributed by atoms with Gasteiger partial charge in [-0.25, -0.2) is 0 Å². The van der Waals surface area contributed by atoms with Crippen LogP contribution in [0.4, 0.5) is 5.69 Å². The number of nitro benzene ring substituents is 1. The monoisotopic (exact) mass is 361 g/mol. The van der Waals surface area contributed by atoms with E-state index in [0.29, 0.717) is 5.75 Å². The molecule has 132 valence electrons. The lowest BCUT2D eigenvalue weighted by Gasteiger charge is -2.32.